The molecule has 2 rings (SSSR count). The Balaban J connectivity index is 2.21. The highest BCUT2D eigenvalue weighted by atomic mass is 35.5. The SMILES string of the molecule is O=C(Nc1cccc(Cl)c1)c1ccccc1SC(F)F. The lowest BCUT2D eigenvalue weighted by Gasteiger charge is -2.09. The fraction of sp³-hybridized carbons (Fsp3) is 0.0714. The maximum absolute atomic E-state index is 12.5. The van der Waals surface area contributed by atoms with Gasteiger partial charge in [-0.05, 0) is 30.3 Å². The number of amides is 1. The third-order valence-corrected chi connectivity index (χ3v) is 3.45. The summed E-state index contributed by atoms with van der Waals surface area (Å²) >= 11 is 6.17. The zero-order valence-corrected chi connectivity index (χ0v) is 11.7. The van der Waals surface area contributed by atoms with Crippen LogP contribution in [-0.2, 0) is 0 Å². The number of thioether (sulfide) groups is 1. The zero-order valence-electron chi connectivity index (χ0n) is 10.1. The molecule has 20 heavy (non-hydrogen) atoms. The van der Waals surface area contributed by atoms with Crippen LogP contribution in [0.3, 0.4) is 0 Å². The van der Waals surface area contributed by atoms with Crippen molar-refractivity contribution in [1.82, 2.24) is 0 Å². The number of hydrogen-bond acceptors (Lipinski definition) is 2. The molecule has 0 aliphatic carbocycles. The smallest absolute Gasteiger partial charge is 0.288 e. The molecule has 0 saturated heterocycles. The van der Waals surface area contributed by atoms with Crippen LogP contribution >= 0.6 is 23.4 Å². The van der Waals surface area contributed by atoms with E-state index in [0.717, 1.165) is 0 Å². The summed E-state index contributed by atoms with van der Waals surface area (Å²) in [6.07, 6.45) is 0. The van der Waals surface area contributed by atoms with Crippen molar-refractivity contribution >= 4 is 35.0 Å². The normalized spacial score (nSPS) is 10.6. The van der Waals surface area contributed by atoms with Gasteiger partial charge in [0.25, 0.3) is 11.7 Å². The molecule has 0 aromatic heterocycles. The quantitative estimate of drug-likeness (QED) is 0.813. The molecule has 0 bridgehead atoms. The number of nitrogens with one attached hydrogen (secondary N) is 1. The first kappa shape index (κ1) is 14.8. The molecule has 0 aliphatic rings. The highest BCUT2D eigenvalue weighted by Gasteiger charge is 2.15. The van der Waals surface area contributed by atoms with Crippen LogP contribution in [-0.4, -0.2) is 11.7 Å². The second kappa shape index (κ2) is 6.72. The minimum absolute atomic E-state index is 0.206. The largest absolute Gasteiger partial charge is 0.322 e. The molecule has 104 valence electrons. The predicted molar refractivity (Wildman–Crippen MR) is 77.7 cm³/mol. The minimum Gasteiger partial charge on any atom is -0.322 e. The summed E-state index contributed by atoms with van der Waals surface area (Å²) < 4.78 is 24.9. The molecule has 0 unspecified atom stereocenters. The number of carbonyl (C=O) groups excluding carboxylic acids is 1. The van der Waals surface area contributed by atoms with Crippen LogP contribution in [0.4, 0.5) is 14.5 Å². The van der Waals surface area contributed by atoms with E-state index in [1.807, 2.05) is 0 Å². The van der Waals surface area contributed by atoms with Crippen LogP contribution in [0.2, 0.25) is 5.02 Å². The fourth-order valence-corrected chi connectivity index (χ4v) is 2.44. The molecule has 0 radical (unpaired) electrons. The Bertz CT molecular complexity index is 622. The number of benzene rings is 2. The first-order valence-electron chi connectivity index (χ1n) is 5.67. The molecular weight excluding hydrogens is 304 g/mol. The van der Waals surface area contributed by atoms with Crippen LogP contribution in [0.5, 0.6) is 0 Å². The van der Waals surface area contributed by atoms with Gasteiger partial charge in [0.2, 0.25) is 0 Å². The Labute approximate surface area is 124 Å². The monoisotopic (exact) mass is 313 g/mol. The second-order valence-electron chi connectivity index (χ2n) is 3.84. The van der Waals surface area contributed by atoms with Crippen molar-refractivity contribution in [3.63, 3.8) is 0 Å². The number of halogens is 3. The Hall–Kier alpha value is -1.59. The van der Waals surface area contributed by atoms with Gasteiger partial charge >= 0.3 is 0 Å². The molecule has 0 heterocycles. The number of rotatable bonds is 4. The molecule has 6 heteroatoms. The van der Waals surface area contributed by atoms with E-state index in [1.165, 1.54) is 12.1 Å². The van der Waals surface area contributed by atoms with Crippen molar-refractivity contribution in [1.29, 1.82) is 0 Å². The summed E-state index contributed by atoms with van der Waals surface area (Å²) in [5.41, 5.74) is 0.720. The fourth-order valence-electron chi connectivity index (χ4n) is 1.62. The standard InChI is InChI=1S/C14H10ClF2NOS/c15-9-4-3-5-10(8-9)18-13(19)11-6-1-2-7-12(11)20-14(16)17/h1-8,14H,(H,18,19). The number of carbonyl (C=O) groups is 1. The van der Waals surface area contributed by atoms with Crippen LogP contribution in [0, 0.1) is 0 Å². The first-order chi connectivity index (χ1) is 9.56. The van der Waals surface area contributed by atoms with Crippen LogP contribution in [0.25, 0.3) is 0 Å². The molecule has 2 aromatic rings. The Morgan fingerprint density at radius 3 is 2.60 bits per heavy atom. The van der Waals surface area contributed by atoms with E-state index in [2.05, 4.69) is 5.32 Å². The minimum atomic E-state index is -2.57. The molecule has 0 fully saturated rings. The Kier molecular flexibility index (Phi) is 4.98. The van der Waals surface area contributed by atoms with Crippen molar-refractivity contribution in [2.24, 2.45) is 0 Å². The Morgan fingerprint density at radius 1 is 1.15 bits per heavy atom. The zero-order chi connectivity index (χ0) is 14.5. The van der Waals surface area contributed by atoms with Gasteiger partial charge in [0.15, 0.2) is 0 Å². The lowest BCUT2D eigenvalue weighted by molar-refractivity contribution is 0.102. The van der Waals surface area contributed by atoms with Gasteiger partial charge in [0.1, 0.15) is 0 Å². The molecule has 1 N–H and O–H groups in total. The maximum atomic E-state index is 12.5. The van der Waals surface area contributed by atoms with Crippen molar-refractivity contribution in [2.45, 2.75) is 10.7 Å². The molecular formula is C14H10ClF2NOS. The van der Waals surface area contributed by atoms with E-state index in [0.29, 0.717) is 22.5 Å². The van der Waals surface area contributed by atoms with Crippen LogP contribution < -0.4 is 5.32 Å². The van der Waals surface area contributed by atoms with E-state index < -0.39 is 11.7 Å². The highest BCUT2D eigenvalue weighted by Crippen LogP contribution is 2.29. The highest BCUT2D eigenvalue weighted by molar-refractivity contribution is 7.99. The number of alkyl halides is 2. The summed E-state index contributed by atoms with van der Waals surface area (Å²) in [7, 11) is 0. The summed E-state index contributed by atoms with van der Waals surface area (Å²) in [5.74, 6) is -3.02. The second-order valence-corrected chi connectivity index (χ2v) is 5.31. The third kappa shape index (κ3) is 3.95. The number of anilines is 1. The molecule has 2 nitrogen and oxygen atoms in total. The average molecular weight is 314 g/mol. The predicted octanol–water partition coefficient (Wildman–Crippen LogP) is 4.91. The van der Waals surface area contributed by atoms with Gasteiger partial charge in [-0.15, -0.1) is 0 Å². The summed E-state index contributed by atoms with van der Waals surface area (Å²) in [6, 6.07) is 12.9. The van der Waals surface area contributed by atoms with Crippen molar-refractivity contribution in [3.05, 3.63) is 59.1 Å². The molecule has 0 aliphatic heterocycles. The van der Waals surface area contributed by atoms with Gasteiger partial charge in [0, 0.05) is 15.6 Å². The lowest BCUT2D eigenvalue weighted by atomic mass is 10.2. The topological polar surface area (TPSA) is 29.1 Å². The van der Waals surface area contributed by atoms with Gasteiger partial charge < -0.3 is 5.32 Å². The van der Waals surface area contributed by atoms with Gasteiger partial charge in [-0.25, -0.2) is 0 Å². The maximum Gasteiger partial charge on any atom is 0.288 e. The van der Waals surface area contributed by atoms with Crippen LogP contribution in [0.1, 0.15) is 10.4 Å². The van der Waals surface area contributed by atoms with Crippen LogP contribution in [0.15, 0.2) is 53.4 Å². The summed E-state index contributed by atoms with van der Waals surface area (Å²) in [6.45, 7) is 0. The van der Waals surface area contributed by atoms with Crippen molar-refractivity contribution in [3.8, 4) is 0 Å². The lowest BCUT2D eigenvalue weighted by Crippen LogP contribution is -2.13. The van der Waals surface area contributed by atoms with E-state index in [-0.39, 0.29) is 10.5 Å². The average Bonchev–Trinajstić information content (AvgIpc) is 2.38. The molecule has 0 saturated carbocycles. The van der Waals surface area contributed by atoms with E-state index in [4.69, 9.17) is 11.6 Å². The third-order valence-electron chi connectivity index (χ3n) is 2.43. The van der Waals surface area contributed by atoms with E-state index >= 15 is 0 Å². The number of hydrogen-bond donors (Lipinski definition) is 1. The van der Waals surface area contributed by atoms with Crippen molar-refractivity contribution < 1.29 is 13.6 Å². The molecule has 2 aromatic carbocycles. The summed E-state index contributed by atoms with van der Waals surface area (Å²) in [5, 5.41) is 3.12. The summed E-state index contributed by atoms with van der Waals surface area (Å²) in [4.78, 5) is 12.4. The van der Waals surface area contributed by atoms with E-state index in [1.54, 1.807) is 36.4 Å². The molecule has 0 atom stereocenters. The molecule has 0 spiro atoms. The first-order valence-corrected chi connectivity index (χ1v) is 6.93. The van der Waals surface area contributed by atoms with Gasteiger partial charge in [0.05, 0.1) is 5.56 Å². The van der Waals surface area contributed by atoms with E-state index in [9.17, 15) is 13.6 Å². The Morgan fingerprint density at radius 2 is 1.90 bits per heavy atom. The van der Waals surface area contributed by atoms with Gasteiger partial charge in [-0.1, -0.05) is 41.6 Å². The van der Waals surface area contributed by atoms with Gasteiger partial charge in [-0.3, -0.25) is 4.79 Å². The molecule has 1 amide bonds. The van der Waals surface area contributed by atoms with Gasteiger partial charge in [-0.2, -0.15) is 8.78 Å². The van der Waals surface area contributed by atoms with Crippen molar-refractivity contribution in [2.75, 3.05) is 5.32 Å².